The van der Waals surface area contributed by atoms with Crippen LogP contribution in [0.5, 0.6) is 0 Å². The summed E-state index contributed by atoms with van der Waals surface area (Å²) in [5.41, 5.74) is 4.28. The molecule has 3 heterocycles. The molecule has 2 aromatic heterocycles. The molecule has 0 saturated heterocycles. The number of guanidine groups is 1. The van der Waals surface area contributed by atoms with Crippen LogP contribution in [0.4, 0.5) is 22.0 Å². The van der Waals surface area contributed by atoms with Gasteiger partial charge in [-0.2, -0.15) is 5.10 Å². The number of rotatable bonds is 12. The molecule has 1 aliphatic heterocycles. The van der Waals surface area contributed by atoms with E-state index in [0.29, 0.717) is 12.5 Å². The van der Waals surface area contributed by atoms with Crippen molar-refractivity contribution in [2.75, 3.05) is 6.61 Å². The molecule has 52 heavy (non-hydrogen) atoms. The Kier molecular flexibility index (Phi) is 10.7. The van der Waals surface area contributed by atoms with Crippen LogP contribution in [0.3, 0.4) is 0 Å². The molecule has 0 spiro atoms. The highest BCUT2D eigenvalue weighted by molar-refractivity contribution is 6.32. The maximum Gasteiger partial charge on any atom is 0.306 e. The second kappa shape index (κ2) is 14.6. The van der Waals surface area contributed by atoms with Gasteiger partial charge in [-0.25, -0.2) is 46.6 Å². The van der Waals surface area contributed by atoms with Crippen molar-refractivity contribution in [1.82, 2.24) is 29.6 Å². The average Bonchev–Trinajstić information content (AvgIpc) is 3.64. The first kappa shape index (κ1) is 38.2. The van der Waals surface area contributed by atoms with Crippen molar-refractivity contribution in [3.05, 3.63) is 89.0 Å². The van der Waals surface area contributed by atoms with Crippen LogP contribution < -0.4 is 5.73 Å². The van der Waals surface area contributed by atoms with E-state index in [4.69, 9.17) is 22.1 Å². The summed E-state index contributed by atoms with van der Waals surface area (Å²) in [5, 5.41) is 3.85. The zero-order chi connectivity index (χ0) is 38.2. The SMILES string of the molecule is CC(CC(=O)OC[C@H](c1ccc(Cl)c(-n2ncnc2C(F)F)c1)N1C(=O)[C@@](CC(C)(C)C)(c2ccc(-c3ncccn3)cc2F)N=C1N)C(C)(F)F. The van der Waals surface area contributed by atoms with Gasteiger partial charge in [0.05, 0.1) is 23.2 Å². The standard InChI is InChI=1S/C35H36ClF5N8O3/c1-19(34(5,40)41)13-27(50)52-16-26(20-8-10-23(36)25(15-20)49-30(28(38)39)45-18-46-49)48-31(51)35(47-32(48)42,17-33(2,3)4)22-9-7-21(14-24(22)37)29-43-11-6-12-44-29/h6-12,14-15,18-19,26,28H,13,16-17H2,1-5H3,(H2,42,47)/t19?,26-,35-/m1/s1. The summed E-state index contributed by atoms with van der Waals surface area (Å²) in [6.07, 6.45) is 0.180. The number of halogens is 6. The minimum Gasteiger partial charge on any atom is -0.463 e. The van der Waals surface area contributed by atoms with Gasteiger partial charge in [0, 0.05) is 29.4 Å². The van der Waals surface area contributed by atoms with Crippen LogP contribution in [-0.4, -0.2) is 60.0 Å². The summed E-state index contributed by atoms with van der Waals surface area (Å²) in [6, 6.07) is 8.53. The van der Waals surface area contributed by atoms with Crippen LogP contribution in [0.25, 0.3) is 17.1 Å². The van der Waals surface area contributed by atoms with Crippen molar-refractivity contribution in [2.45, 2.75) is 71.4 Å². The van der Waals surface area contributed by atoms with Crippen LogP contribution >= 0.6 is 11.6 Å². The van der Waals surface area contributed by atoms with E-state index in [0.717, 1.165) is 15.9 Å². The molecule has 2 N–H and O–H groups in total. The van der Waals surface area contributed by atoms with Gasteiger partial charge in [0.2, 0.25) is 5.92 Å². The first-order valence-corrected chi connectivity index (χ1v) is 16.5. The van der Waals surface area contributed by atoms with E-state index in [1.54, 1.807) is 12.1 Å². The van der Waals surface area contributed by atoms with Gasteiger partial charge in [-0.05, 0) is 48.6 Å². The lowest BCUT2D eigenvalue weighted by molar-refractivity contribution is -0.151. The molecule has 0 radical (unpaired) electrons. The van der Waals surface area contributed by atoms with Crippen LogP contribution in [0.2, 0.25) is 5.02 Å². The van der Waals surface area contributed by atoms with Gasteiger partial charge in [-0.15, -0.1) is 0 Å². The van der Waals surface area contributed by atoms with Gasteiger partial charge in [0.15, 0.2) is 23.1 Å². The number of esters is 1. The Balaban J connectivity index is 1.61. The fourth-order valence-corrected chi connectivity index (χ4v) is 6.15. The number of alkyl halides is 4. The lowest BCUT2D eigenvalue weighted by Crippen LogP contribution is -2.47. The van der Waals surface area contributed by atoms with Crippen molar-refractivity contribution in [3.63, 3.8) is 0 Å². The maximum absolute atomic E-state index is 16.2. The molecule has 0 bridgehead atoms. The molecule has 5 rings (SSSR count). The molecule has 276 valence electrons. The van der Waals surface area contributed by atoms with Crippen LogP contribution in [0, 0.1) is 17.2 Å². The number of nitrogens with two attached hydrogens (primary N) is 1. The molecule has 0 fully saturated rings. The van der Waals surface area contributed by atoms with Crippen LogP contribution in [-0.2, 0) is 19.9 Å². The summed E-state index contributed by atoms with van der Waals surface area (Å²) >= 11 is 6.42. The van der Waals surface area contributed by atoms with Crippen LogP contribution in [0.15, 0.2) is 66.2 Å². The molecule has 2 aromatic carbocycles. The normalized spacial score (nSPS) is 17.7. The van der Waals surface area contributed by atoms with E-state index in [1.165, 1.54) is 49.6 Å². The first-order chi connectivity index (χ1) is 24.3. The zero-order valence-electron chi connectivity index (χ0n) is 28.8. The van der Waals surface area contributed by atoms with E-state index in [1.807, 2.05) is 20.8 Å². The lowest BCUT2D eigenvalue weighted by atomic mass is 9.75. The van der Waals surface area contributed by atoms with Crippen molar-refractivity contribution in [2.24, 2.45) is 22.1 Å². The number of aromatic nitrogens is 5. The molecule has 1 aliphatic rings. The monoisotopic (exact) mass is 746 g/mol. The zero-order valence-corrected chi connectivity index (χ0v) is 29.6. The number of benzene rings is 2. The van der Waals surface area contributed by atoms with Gasteiger partial charge >= 0.3 is 5.97 Å². The third-order valence-corrected chi connectivity index (χ3v) is 8.87. The van der Waals surface area contributed by atoms with Crippen molar-refractivity contribution in [3.8, 4) is 17.1 Å². The topological polar surface area (TPSA) is 141 Å². The third kappa shape index (κ3) is 7.91. The number of hydrogen-bond acceptors (Lipinski definition) is 9. The molecule has 1 amide bonds. The fraction of sp³-hybridized carbons (Fsp3) is 0.400. The second-order valence-electron chi connectivity index (χ2n) is 13.8. The van der Waals surface area contributed by atoms with E-state index < -0.39 is 71.8 Å². The summed E-state index contributed by atoms with van der Waals surface area (Å²) in [7, 11) is 0. The highest BCUT2D eigenvalue weighted by Gasteiger charge is 2.54. The number of carbonyl (C=O) groups excluding carboxylic acids is 2. The highest BCUT2D eigenvalue weighted by atomic mass is 35.5. The Labute approximate surface area is 301 Å². The lowest BCUT2D eigenvalue weighted by Gasteiger charge is -2.35. The number of ether oxygens (including phenoxy) is 1. The molecular formula is C35H36ClF5N8O3. The van der Waals surface area contributed by atoms with Gasteiger partial charge in [-0.3, -0.25) is 14.5 Å². The summed E-state index contributed by atoms with van der Waals surface area (Å²) < 4.78 is 78.0. The molecule has 0 aliphatic carbocycles. The predicted molar refractivity (Wildman–Crippen MR) is 181 cm³/mol. The largest absolute Gasteiger partial charge is 0.463 e. The van der Waals surface area contributed by atoms with Crippen molar-refractivity contribution in [1.29, 1.82) is 0 Å². The Morgan fingerprint density at radius 2 is 1.75 bits per heavy atom. The summed E-state index contributed by atoms with van der Waals surface area (Å²) in [6.45, 7) is 6.70. The van der Waals surface area contributed by atoms with E-state index in [9.17, 15) is 27.2 Å². The van der Waals surface area contributed by atoms with Gasteiger partial charge in [0.25, 0.3) is 12.3 Å². The fourth-order valence-electron chi connectivity index (χ4n) is 5.96. The summed E-state index contributed by atoms with van der Waals surface area (Å²) in [4.78, 5) is 45.3. The molecule has 17 heteroatoms. The highest BCUT2D eigenvalue weighted by Crippen LogP contribution is 2.46. The minimum absolute atomic E-state index is 0.0214. The van der Waals surface area contributed by atoms with E-state index in [-0.39, 0.29) is 40.0 Å². The Morgan fingerprint density at radius 3 is 2.37 bits per heavy atom. The Hall–Kier alpha value is -4.99. The number of aliphatic imine (C=N–C) groups is 1. The van der Waals surface area contributed by atoms with Crippen molar-refractivity contribution >= 4 is 29.4 Å². The Morgan fingerprint density at radius 1 is 1.06 bits per heavy atom. The maximum atomic E-state index is 16.2. The number of hydrogen-bond donors (Lipinski definition) is 1. The number of carbonyl (C=O) groups is 2. The number of amides is 1. The smallest absolute Gasteiger partial charge is 0.306 e. The van der Waals surface area contributed by atoms with E-state index >= 15 is 4.39 Å². The predicted octanol–water partition coefficient (Wildman–Crippen LogP) is 7.21. The molecule has 11 nitrogen and oxygen atoms in total. The van der Waals surface area contributed by atoms with Gasteiger partial charge in [-0.1, -0.05) is 57.5 Å². The quantitative estimate of drug-likeness (QED) is 0.119. The minimum atomic E-state index is -3.19. The molecule has 4 aromatic rings. The van der Waals surface area contributed by atoms with Gasteiger partial charge < -0.3 is 10.5 Å². The summed E-state index contributed by atoms with van der Waals surface area (Å²) in [5.74, 6) is -8.00. The van der Waals surface area contributed by atoms with Crippen LogP contribution in [0.1, 0.15) is 76.9 Å². The molecule has 1 unspecified atom stereocenters. The van der Waals surface area contributed by atoms with Crippen molar-refractivity contribution < 1.29 is 36.3 Å². The average molecular weight is 747 g/mol. The first-order valence-electron chi connectivity index (χ1n) is 16.1. The van der Waals surface area contributed by atoms with E-state index in [2.05, 4.69) is 25.0 Å². The molecule has 3 atom stereocenters. The molecule has 0 saturated carbocycles. The molecular weight excluding hydrogens is 711 g/mol. The Bertz CT molecular complexity index is 1980. The second-order valence-corrected chi connectivity index (χ2v) is 14.2. The third-order valence-electron chi connectivity index (χ3n) is 8.55. The number of nitrogens with zero attached hydrogens (tertiary/aromatic N) is 7. The van der Waals surface area contributed by atoms with Gasteiger partial charge in [0.1, 0.15) is 18.8 Å².